The minimum Gasteiger partial charge on any atom is -0.308 e. The van der Waals surface area contributed by atoms with E-state index in [1.807, 2.05) is 11.3 Å². The Morgan fingerprint density at radius 2 is 0.881 bits per heavy atom. The third kappa shape index (κ3) is 5.51. The van der Waals surface area contributed by atoms with Gasteiger partial charge in [0.05, 0.1) is 15.7 Å². The molecule has 0 saturated carbocycles. The summed E-state index contributed by atoms with van der Waals surface area (Å²) in [4.78, 5) is 1.21. The monoisotopic (exact) mass is 769 g/mol. The Hall–Kier alpha value is -7.30. The van der Waals surface area contributed by atoms with Crippen molar-refractivity contribution in [2.24, 2.45) is 0 Å². The van der Waals surface area contributed by atoms with Gasteiger partial charge in [-0.1, -0.05) is 133 Å². The maximum absolute atomic E-state index is 2.54. The van der Waals surface area contributed by atoms with Crippen molar-refractivity contribution >= 4 is 91.9 Å². The first-order valence-electron chi connectivity index (χ1n) is 20.3. The van der Waals surface area contributed by atoms with Crippen molar-refractivity contribution in [2.75, 3.05) is 0 Å². The summed E-state index contributed by atoms with van der Waals surface area (Å²) in [5.41, 5.74) is 12.1. The summed E-state index contributed by atoms with van der Waals surface area (Å²) >= 11 is 1.91. The highest BCUT2D eigenvalue weighted by atomic mass is 32.1. The van der Waals surface area contributed by atoms with Crippen LogP contribution in [0.1, 0.15) is 0 Å². The zero-order valence-electron chi connectivity index (χ0n) is 32.1. The Kier molecular flexibility index (Phi) is 7.83. The molecule has 0 bridgehead atoms. The zero-order valence-corrected chi connectivity index (χ0v) is 33.0. The minimum atomic E-state index is 1.17. The van der Waals surface area contributed by atoms with Gasteiger partial charge in [0.25, 0.3) is 0 Å². The minimum absolute atomic E-state index is 1.17. The van der Waals surface area contributed by atoms with Crippen LogP contribution in [-0.4, -0.2) is 4.57 Å². The lowest BCUT2D eigenvalue weighted by Gasteiger charge is -2.20. The fourth-order valence-electron chi connectivity index (χ4n) is 9.34. The predicted octanol–water partition coefficient (Wildman–Crippen LogP) is 15.0. The lowest BCUT2D eigenvalue weighted by atomic mass is 9.98. The third-order valence-corrected chi connectivity index (χ3v) is 13.3. The van der Waals surface area contributed by atoms with E-state index in [9.17, 15) is 0 Å². The van der Waals surface area contributed by atoms with Gasteiger partial charge in [-0.05, 0) is 92.3 Å². The summed E-state index contributed by atoms with van der Waals surface area (Å²) in [5, 5.41) is 10.3. The van der Waals surface area contributed by atoms with Gasteiger partial charge in [0, 0.05) is 68.3 Å². The SMILES string of the molecule is c1ccc(-c2ccc([NH+](c3ccc(-c4ccccc4)cc3)c3ccc4c(c3)c3c5ccccc5c5c6ccccc6sc5c3n4-c3ccc4ccccc4c3)cc2)cc1. The van der Waals surface area contributed by atoms with E-state index < -0.39 is 0 Å². The summed E-state index contributed by atoms with van der Waals surface area (Å²) in [6.07, 6.45) is 0. The number of nitrogens with one attached hydrogen (secondary N) is 1. The number of fused-ring (bicyclic) bond motifs is 11. The zero-order chi connectivity index (χ0) is 38.9. The average molecular weight is 770 g/mol. The Balaban J connectivity index is 1.14. The van der Waals surface area contributed by atoms with Gasteiger partial charge in [0.1, 0.15) is 17.1 Å². The fourth-order valence-corrected chi connectivity index (χ4v) is 10.6. The van der Waals surface area contributed by atoms with Crippen molar-refractivity contribution in [3.05, 3.63) is 218 Å². The largest absolute Gasteiger partial charge is 0.308 e. The molecule has 0 saturated heterocycles. The first-order valence-corrected chi connectivity index (χ1v) is 21.1. The molecular weight excluding hydrogens is 733 g/mol. The molecule has 0 atom stereocenters. The molecule has 276 valence electrons. The van der Waals surface area contributed by atoms with Crippen LogP contribution in [0.4, 0.5) is 17.1 Å². The first kappa shape index (κ1) is 33.8. The number of benzene rings is 10. The molecule has 59 heavy (non-hydrogen) atoms. The molecule has 0 aliphatic rings. The van der Waals surface area contributed by atoms with Crippen LogP contribution in [0.25, 0.3) is 91.5 Å². The highest BCUT2D eigenvalue weighted by molar-refractivity contribution is 7.27. The summed E-state index contributed by atoms with van der Waals surface area (Å²) in [6.45, 7) is 0. The molecule has 2 aromatic heterocycles. The van der Waals surface area contributed by atoms with Gasteiger partial charge in [0.2, 0.25) is 0 Å². The van der Waals surface area contributed by atoms with E-state index in [1.165, 1.54) is 113 Å². The van der Waals surface area contributed by atoms with Gasteiger partial charge in [-0.2, -0.15) is 0 Å². The Bertz CT molecular complexity index is 3440. The number of hydrogen-bond donors (Lipinski definition) is 1. The number of rotatable bonds is 6. The number of thiophene rings is 1. The summed E-state index contributed by atoms with van der Waals surface area (Å²) < 4.78 is 5.17. The molecule has 2 nitrogen and oxygen atoms in total. The molecule has 2 heterocycles. The van der Waals surface area contributed by atoms with Crippen molar-refractivity contribution < 1.29 is 4.90 Å². The van der Waals surface area contributed by atoms with Gasteiger partial charge in [0.15, 0.2) is 0 Å². The van der Waals surface area contributed by atoms with E-state index in [0.29, 0.717) is 0 Å². The average Bonchev–Trinajstić information content (AvgIpc) is 3.87. The van der Waals surface area contributed by atoms with Gasteiger partial charge in [-0.15, -0.1) is 11.3 Å². The normalized spacial score (nSPS) is 11.9. The van der Waals surface area contributed by atoms with Crippen LogP contribution < -0.4 is 4.90 Å². The number of aromatic nitrogens is 1. The van der Waals surface area contributed by atoms with Crippen LogP contribution in [0.3, 0.4) is 0 Å². The van der Waals surface area contributed by atoms with E-state index in [1.54, 1.807) is 0 Å². The van der Waals surface area contributed by atoms with Crippen LogP contribution >= 0.6 is 11.3 Å². The van der Waals surface area contributed by atoms with E-state index in [2.05, 4.69) is 223 Å². The van der Waals surface area contributed by atoms with Crippen molar-refractivity contribution in [3.8, 4) is 27.9 Å². The van der Waals surface area contributed by atoms with Crippen LogP contribution in [0.15, 0.2) is 218 Å². The van der Waals surface area contributed by atoms with Crippen molar-refractivity contribution in [1.29, 1.82) is 0 Å². The van der Waals surface area contributed by atoms with Crippen molar-refractivity contribution in [2.45, 2.75) is 0 Å². The molecule has 10 aromatic carbocycles. The maximum atomic E-state index is 2.54. The van der Waals surface area contributed by atoms with Crippen LogP contribution in [0, 0.1) is 0 Å². The lowest BCUT2D eigenvalue weighted by Crippen LogP contribution is -2.96. The smallest absolute Gasteiger partial charge is 0.142 e. The third-order valence-electron chi connectivity index (χ3n) is 12.1. The molecular formula is C56H37N2S+. The van der Waals surface area contributed by atoms with Crippen molar-refractivity contribution in [3.63, 3.8) is 0 Å². The molecule has 12 aromatic rings. The van der Waals surface area contributed by atoms with Crippen LogP contribution in [0.5, 0.6) is 0 Å². The van der Waals surface area contributed by atoms with Crippen molar-refractivity contribution in [1.82, 2.24) is 4.57 Å². The van der Waals surface area contributed by atoms with Gasteiger partial charge in [-0.25, -0.2) is 4.90 Å². The standard InChI is InChI=1S/C56H36N2S/c1-3-13-37(14-4-1)40-23-28-43(29-24-40)57(44-30-25-41(26-31-44)38-15-5-2-6-16-38)46-33-34-51-50(36-46)53-47-19-9-10-20-48(47)54-49-21-11-12-22-52(49)59-56(54)55(53)58(51)45-32-27-39-17-7-8-18-42(39)35-45/h1-36H/p+1. The van der Waals surface area contributed by atoms with Gasteiger partial charge < -0.3 is 4.57 Å². The highest BCUT2D eigenvalue weighted by Gasteiger charge is 2.25. The summed E-state index contributed by atoms with van der Waals surface area (Å²) in [5.74, 6) is 0. The summed E-state index contributed by atoms with van der Waals surface area (Å²) in [7, 11) is 0. The van der Waals surface area contributed by atoms with E-state index >= 15 is 0 Å². The predicted molar refractivity (Wildman–Crippen MR) is 252 cm³/mol. The molecule has 0 spiro atoms. The Morgan fingerprint density at radius 1 is 0.356 bits per heavy atom. The molecule has 0 amide bonds. The maximum Gasteiger partial charge on any atom is 0.142 e. The molecule has 3 heteroatoms. The van der Waals surface area contributed by atoms with Gasteiger partial charge in [-0.3, -0.25) is 0 Å². The molecule has 0 aliphatic carbocycles. The first-order chi connectivity index (χ1) is 29.3. The van der Waals surface area contributed by atoms with E-state index in [0.717, 1.165) is 0 Å². The number of quaternary nitrogens is 1. The molecule has 0 unspecified atom stereocenters. The second kappa shape index (κ2) is 13.7. The second-order valence-electron chi connectivity index (χ2n) is 15.4. The fraction of sp³-hybridized carbons (Fsp3) is 0. The molecule has 0 fully saturated rings. The molecule has 0 radical (unpaired) electrons. The quantitative estimate of drug-likeness (QED) is 0.173. The van der Waals surface area contributed by atoms with Crippen LogP contribution in [0.2, 0.25) is 0 Å². The Morgan fingerprint density at radius 3 is 1.54 bits per heavy atom. The van der Waals surface area contributed by atoms with E-state index in [-0.39, 0.29) is 0 Å². The van der Waals surface area contributed by atoms with E-state index in [4.69, 9.17) is 0 Å². The highest BCUT2D eigenvalue weighted by Crippen LogP contribution is 2.48. The van der Waals surface area contributed by atoms with Gasteiger partial charge >= 0.3 is 0 Å². The number of nitrogens with zero attached hydrogens (tertiary/aromatic N) is 1. The molecule has 0 aliphatic heterocycles. The summed E-state index contributed by atoms with van der Waals surface area (Å²) in [6, 6.07) is 80.2. The topological polar surface area (TPSA) is 9.37 Å². The van der Waals surface area contributed by atoms with Crippen LogP contribution in [-0.2, 0) is 0 Å². The Labute approximate surface area is 346 Å². The lowest BCUT2D eigenvalue weighted by molar-refractivity contribution is -0.681. The molecule has 1 N–H and O–H groups in total. The second-order valence-corrected chi connectivity index (χ2v) is 16.5. The number of hydrogen-bond acceptors (Lipinski definition) is 1. The molecule has 12 rings (SSSR count).